The fraction of sp³-hybridized carbons (Fsp3) is 0.417. The first kappa shape index (κ1) is 15.3. The van der Waals surface area contributed by atoms with Crippen molar-refractivity contribution in [3.05, 3.63) is 34.2 Å². The summed E-state index contributed by atoms with van der Waals surface area (Å²) in [5, 5.41) is 11.5. The molecule has 1 rings (SSSR count). The molecule has 0 aliphatic heterocycles. The number of aromatic nitrogens is 1. The molecule has 1 atom stereocenters. The van der Waals surface area contributed by atoms with Crippen molar-refractivity contribution in [3.8, 4) is 0 Å². The number of carbonyl (C=O) groups excluding carboxylic acids is 1. The minimum absolute atomic E-state index is 0.228. The van der Waals surface area contributed by atoms with Gasteiger partial charge in [-0.25, -0.2) is 4.79 Å². The topological polar surface area (TPSA) is 88.4 Å². The lowest BCUT2D eigenvalue weighted by atomic mass is 10.2. The Bertz CT molecular complexity index is 527. The Labute approximate surface area is 114 Å². The highest BCUT2D eigenvalue weighted by Crippen LogP contribution is 2.03. The third kappa shape index (κ3) is 4.44. The van der Waals surface area contributed by atoms with Gasteiger partial charge >= 0.3 is 5.97 Å². The smallest absolute Gasteiger partial charge is 0.326 e. The number of amides is 1. The second-order valence-corrected chi connectivity index (χ2v) is 5.00. The highest BCUT2D eigenvalue weighted by molar-refractivity contribution is 7.98. The van der Waals surface area contributed by atoms with Crippen molar-refractivity contribution < 1.29 is 14.7 Å². The van der Waals surface area contributed by atoms with Gasteiger partial charge in [-0.2, -0.15) is 11.8 Å². The summed E-state index contributed by atoms with van der Waals surface area (Å²) in [6.07, 6.45) is 3.60. The van der Waals surface area contributed by atoms with Crippen LogP contribution in [0.4, 0.5) is 0 Å². The van der Waals surface area contributed by atoms with Gasteiger partial charge in [-0.15, -0.1) is 0 Å². The molecular weight excluding hydrogens is 268 g/mol. The molecule has 0 bridgehead atoms. The van der Waals surface area contributed by atoms with Gasteiger partial charge in [0.05, 0.1) is 5.56 Å². The molecule has 0 aromatic carbocycles. The fourth-order valence-corrected chi connectivity index (χ4v) is 1.93. The largest absolute Gasteiger partial charge is 0.480 e. The second-order valence-electron chi connectivity index (χ2n) is 4.01. The van der Waals surface area contributed by atoms with Crippen LogP contribution >= 0.6 is 11.8 Å². The molecule has 0 saturated carbocycles. The molecule has 1 heterocycles. The van der Waals surface area contributed by atoms with Crippen LogP contribution in [0.15, 0.2) is 23.1 Å². The average Bonchev–Trinajstić information content (AvgIpc) is 2.37. The predicted octanol–water partition coefficient (Wildman–Crippen LogP) is 0.321. The van der Waals surface area contributed by atoms with Gasteiger partial charge < -0.3 is 15.0 Å². The van der Waals surface area contributed by atoms with Crippen LogP contribution in [-0.2, 0) is 11.8 Å². The maximum Gasteiger partial charge on any atom is 0.326 e. The first-order valence-electron chi connectivity index (χ1n) is 5.65. The highest BCUT2D eigenvalue weighted by Gasteiger charge is 2.20. The Balaban J connectivity index is 2.78. The molecule has 2 N–H and O–H groups in total. The maximum atomic E-state index is 11.9. The number of hydrogen-bond acceptors (Lipinski definition) is 4. The van der Waals surface area contributed by atoms with Crippen LogP contribution in [0.3, 0.4) is 0 Å². The lowest BCUT2D eigenvalue weighted by Gasteiger charge is -2.14. The molecule has 0 unspecified atom stereocenters. The summed E-state index contributed by atoms with van der Waals surface area (Å²) in [6.45, 7) is 0. The Morgan fingerprint density at radius 2 is 2.16 bits per heavy atom. The van der Waals surface area contributed by atoms with Gasteiger partial charge in [0.1, 0.15) is 6.04 Å². The van der Waals surface area contributed by atoms with Crippen LogP contribution in [-0.4, -0.2) is 39.6 Å². The van der Waals surface area contributed by atoms with E-state index in [1.165, 1.54) is 41.7 Å². The van der Waals surface area contributed by atoms with E-state index < -0.39 is 17.9 Å². The molecule has 7 heteroatoms. The van der Waals surface area contributed by atoms with E-state index in [1.807, 2.05) is 6.26 Å². The summed E-state index contributed by atoms with van der Waals surface area (Å²) in [7, 11) is 1.53. The van der Waals surface area contributed by atoms with E-state index in [4.69, 9.17) is 5.11 Å². The van der Waals surface area contributed by atoms with Crippen LogP contribution < -0.4 is 10.9 Å². The first-order valence-corrected chi connectivity index (χ1v) is 7.04. The number of hydrogen-bond donors (Lipinski definition) is 2. The number of carbonyl (C=O) groups is 2. The van der Waals surface area contributed by atoms with Crippen LogP contribution in [0.25, 0.3) is 0 Å². The standard InChI is InChI=1S/C12H16N2O4S/c1-14-7-8(3-4-10(14)15)11(16)13-9(12(17)18)5-6-19-2/h3-4,7,9H,5-6H2,1-2H3,(H,13,16)(H,17,18)/t9-/m1/s1. The molecule has 104 valence electrons. The van der Waals surface area contributed by atoms with Crippen molar-refractivity contribution in [3.63, 3.8) is 0 Å². The Morgan fingerprint density at radius 1 is 1.47 bits per heavy atom. The summed E-state index contributed by atoms with van der Waals surface area (Å²) in [5.41, 5.74) is 0.0335. The zero-order chi connectivity index (χ0) is 14.4. The van der Waals surface area contributed by atoms with Gasteiger partial charge in [0.2, 0.25) is 5.56 Å². The van der Waals surface area contributed by atoms with Crippen molar-refractivity contribution in [1.29, 1.82) is 0 Å². The Morgan fingerprint density at radius 3 is 2.68 bits per heavy atom. The van der Waals surface area contributed by atoms with Crippen LogP contribution in [0.2, 0.25) is 0 Å². The molecule has 0 aliphatic carbocycles. The van der Waals surface area contributed by atoms with Crippen molar-refractivity contribution >= 4 is 23.6 Å². The zero-order valence-corrected chi connectivity index (χ0v) is 11.6. The Kier molecular flexibility index (Phi) is 5.62. The molecule has 0 spiro atoms. The molecule has 19 heavy (non-hydrogen) atoms. The van der Waals surface area contributed by atoms with E-state index in [0.717, 1.165) is 0 Å². The van der Waals surface area contributed by atoms with Crippen molar-refractivity contribution in [2.24, 2.45) is 7.05 Å². The van der Waals surface area contributed by atoms with Crippen LogP contribution in [0.1, 0.15) is 16.8 Å². The van der Waals surface area contributed by atoms with Crippen molar-refractivity contribution in [1.82, 2.24) is 9.88 Å². The second kappa shape index (κ2) is 6.98. The number of rotatable bonds is 6. The molecular formula is C12H16N2O4S. The molecule has 0 fully saturated rings. The van der Waals surface area contributed by atoms with E-state index >= 15 is 0 Å². The third-order valence-electron chi connectivity index (χ3n) is 2.56. The first-order chi connectivity index (χ1) is 8.95. The molecule has 1 aromatic rings. The summed E-state index contributed by atoms with van der Waals surface area (Å²) in [5.74, 6) is -0.916. The Hall–Kier alpha value is -1.76. The van der Waals surface area contributed by atoms with Gasteiger partial charge in [0.25, 0.3) is 5.91 Å². The molecule has 0 aliphatic rings. The quantitative estimate of drug-likeness (QED) is 0.785. The molecule has 1 amide bonds. The van der Waals surface area contributed by atoms with Gasteiger partial charge in [-0.3, -0.25) is 9.59 Å². The number of carboxylic acids is 1. The van der Waals surface area contributed by atoms with Gasteiger partial charge in [-0.1, -0.05) is 0 Å². The number of aryl methyl sites for hydroxylation is 1. The number of carboxylic acid groups (broad SMARTS) is 1. The third-order valence-corrected chi connectivity index (χ3v) is 3.21. The summed E-state index contributed by atoms with van der Waals surface area (Å²) >= 11 is 1.51. The monoisotopic (exact) mass is 284 g/mol. The number of nitrogens with one attached hydrogen (secondary N) is 1. The summed E-state index contributed by atoms with van der Waals surface area (Å²) in [4.78, 5) is 34.1. The minimum atomic E-state index is -1.06. The number of thioether (sulfide) groups is 1. The summed E-state index contributed by atoms with van der Waals surface area (Å²) < 4.78 is 1.27. The molecule has 0 saturated heterocycles. The number of aliphatic carboxylic acids is 1. The lowest BCUT2D eigenvalue weighted by Crippen LogP contribution is -2.41. The fourth-order valence-electron chi connectivity index (χ4n) is 1.46. The van der Waals surface area contributed by atoms with E-state index in [9.17, 15) is 14.4 Å². The summed E-state index contributed by atoms with van der Waals surface area (Å²) in [6, 6.07) is 1.73. The normalized spacial score (nSPS) is 11.9. The van der Waals surface area contributed by atoms with Crippen molar-refractivity contribution in [2.75, 3.05) is 12.0 Å². The van der Waals surface area contributed by atoms with E-state index in [2.05, 4.69) is 5.32 Å². The van der Waals surface area contributed by atoms with E-state index in [-0.39, 0.29) is 11.1 Å². The zero-order valence-electron chi connectivity index (χ0n) is 10.8. The van der Waals surface area contributed by atoms with Crippen LogP contribution in [0, 0.1) is 0 Å². The van der Waals surface area contributed by atoms with E-state index in [0.29, 0.717) is 12.2 Å². The average molecular weight is 284 g/mol. The lowest BCUT2D eigenvalue weighted by molar-refractivity contribution is -0.139. The molecule has 1 aromatic heterocycles. The van der Waals surface area contributed by atoms with Crippen LogP contribution in [0.5, 0.6) is 0 Å². The number of pyridine rings is 1. The van der Waals surface area contributed by atoms with Gasteiger partial charge in [0, 0.05) is 19.3 Å². The maximum absolute atomic E-state index is 11.9. The SMILES string of the molecule is CSCC[C@@H](NC(=O)c1ccc(=O)n(C)c1)C(=O)O. The number of nitrogens with zero attached hydrogens (tertiary/aromatic N) is 1. The minimum Gasteiger partial charge on any atom is -0.480 e. The van der Waals surface area contributed by atoms with Gasteiger partial charge in [0.15, 0.2) is 0 Å². The highest BCUT2D eigenvalue weighted by atomic mass is 32.2. The molecule has 0 radical (unpaired) electrons. The predicted molar refractivity (Wildman–Crippen MR) is 73.6 cm³/mol. The van der Waals surface area contributed by atoms with Gasteiger partial charge in [-0.05, 0) is 24.5 Å². The molecule has 6 nitrogen and oxygen atoms in total. The van der Waals surface area contributed by atoms with Crippen molar-refractivity contribution in [2.45, 2.75) is 12.5 Å². The van der Waals surface area contributed by atoms with E-state index in [1.54, 1.807) is 0 Å².